The van der Waals surface area contributed by atoms with Gasteiger partial charge in [-0.1, -0.05) is 6.07 Å². The summed E-state index contributed by atoms with van der Waals surface area (Å²) in [5.74, 6) is 0. The smallest absolute Gasteiger partial charge is 0.269 e. The second-order valence-electron chi connectivity index (χ2n) is 4.77. The second kappa shape index (κ2) is 6.11. The first kappa shape index (κ1) is 17.7. The van der Waals surface area contributed by atoms with Gasteiger partial charge < -0.3 is 0 Å². The molecule has 0 aromatic heterocycles. The van der Waals surface area contributed by atoms with Crippen LogP contribution in [-0.4, -0.2) is 20.4 Å². The maximum Gasteiger partial charge on any atom is 0.416 e. The summed E-state index contributed by atoms with van der Waals surface area (Å²) in [5, 5.41) is 10.7. The van der Waals surface area contributed by atoms with Crippen molar-refractivity contribution in [2.45, 2.75) is 11.1 Å². The summed E-state index contributed by atoms with van der Waals surface area (Å²) in [5.41, 5.74) is -1.32. The van der Waals surface area contributed by atoms with E-state index < -0.39 is 32.4 Å². The van der Waals surface area contributed by atoms with E-state index in [1.165, 1.54) is 12.1 Å². The van der Waals surface area contributed by atoms with E-state index in [0.717, 1.165) is 47.8 Å². The van der Waals surface area contributed by atoms with Crippen LogP contribution >= 0.6 is 0 Å². The SMILES string of the molecule is CN(c1ccc(C(F)(F)F)cc1)S(=O)(=O)c1cccc([N+](=O)[O-])c1. The molecule has 0 aliphatic heterocycles. The summed E-state index contributed by atoms with van der Waals surface area (Å²) in [6.07, 6.45) is -4.53. The Bertz CT molecular complexity index is 864. The molecule has 0 heterocycles. The Hall–Kier alpha value is -2.62. The molecule has 0 radical (unpaired) electrons. The number of hydrogen-bond donors (Lipinski definition) is 0. The monoisotopic (exact) mass is 360 g/mol. The van der Waals surface area contributed by atoms with Gasteiger partial charge >= 0.3 is 6.18 Å². The van der Waals surface area contributed by atoms with Crippen molar-refractivity contribution in [2.75, 3.05) is 11.4 Å². The van der Waals surface area contributed by atoms with Crippen LogP contribution in [0.2, 0.25) is 0 Å². The van der Waals surface area contributed by atoms with Gasteiger partial charge in [0.25, 0.3) is 15.7 Å². The van der Waals surface area contributed by atoms with E-state index in [1.807, 2.05) is 0 Å². The van der Waals surface area contributed by atoms with Crippen LogP contribution in [0, 0.1) is 10.1 Å². The summed E-state index contributed by atoms with van der Waals surface area (Å²) in [6, 6.07) is 7.95. The lowest BCUT2D eigenvalue weighted by molar-refractivity contribution is -0.385. The molecular formula is C14H11F3N2O4S. The number of anilines is 1. The van der Waals surface area contributed by atoms with Gasteiger partial charge in [0.05, 0.1) is 21.1 Å². The number of alkyl halides is 3. The predicted octanol–water partition coefficient (Wildman–Crippen LogP) is 3.44. The third-order valence-electron chi connectivity index (χ3n) is 3.25. The van der Waals surface area contributed by atoms with Crippen molar-refractivity contribution in [3.63, 3.8) is 0 Å². The average molecular weight is 360 g/mol. The Labute approximate surface area is 135 Å². The van der Waals surface area contributed by atoms with Crippen molar-refractivity contribution >= 4 is 21.4 Å². The van der Waals surface area contributed by atoms with Gasteiger partial charge in [0.15, 0.2) is 0 Å². The Morgan fingerprint density at radius 3 is 2.17 bits per heavy atom. The second-order valence-corrected chi connectivity index (χ2v) is 6.74. The van der Waals surface area contributed by atoms with E-state index in [-0.39, 0.29) is 10.6 Å². The molecule has 24 heavy (non-hydrogen) atoms. The molecule has 0 spiro atoms. The molecule has 0 bridgehead atoms. The van der Waals surface area contributed by atoms with Crippen molar-refractivity contribution in [1.29, 1.82) is 0 Å². The molecule has 2 aromatic carbocycles. The minimum atomic E-state index is -4.53. The summed E-state index contributed by atoms with van der Waals surface area (Å²) < 4.78 is 63.3. The van der Waals surface area contributed by atoms with E-state index in [2.05, 4.69) is 0 Å². The standard InChI is InChI=1S/C14H11F3N2O4S/c1-18(11-7-5-10(6-8-11)14(15,16)17)24(22,23)13-4-2-3-12(9-13)19(20)21/h2-9H,1H3. The van der Waals surface area contributed by atoms with Crippen LogP contribution in [0.1, 0.15) is 5.56 Å². The van der Waals surface area contributed by atoms with Crippen LogP contribution in [0.4, 0.5) is 24.5 Å². The molecule has 0 fully saturated rings. The first-order valence-electron chi connectivity index (χ1n) is 6.44. The number of benzene rings is 2. The summed E-state index contributed by atoms with van der Waals surface area (Å²) in [7, 11) is -3.00. The van der Waals surface area contributed by atoms with Crippen LogP contribution in [0.5, 0.6) is 0 Å². The van der Waals surface area contributed by atoms with E-state index in [0.29, 0.717) is 0 Å². The third-order valence-corrected chi connectivity index (χ3v) is 5.03. The van der Waals surface area contributed by atoms with E-state index >= 15 is 0 Å². The first-order chi connectivity index (χ1) is 11.0. The van der Waals surface area contributed by atoms with E-state index in [4.69, 9.17) is 0 Å². The van der Waals surface area contributed by atoms with Crippen molar-refractivity contribution < 1.29 is 26.5 Å². The van der Waals surface area contributed by atoms with Crippen LogP contribution in [0.25, 0.3) is 0 Å². The molecule has 6 nitrogen and oxygen atoms in total. The van der Waals surface area contributed by atoms with Crippen LogP contribution in [0.15, 0.2) is 53.4 Å². The zero-order valence-corrected chi connectivity index (χ0v) is 13.0. The highest BCUT2D eigenvalue weighted by Crippen LogP contribution is 2.31. The number of nitro groups is 1. The lowest BCUT2D eigenvalue weighted by atomic mass is 10.2. The summed E-state index contributed by atoms with van der Waals surface area (Å²) >= 11 is 0. The zero-order chi connectivity index (χ0) is 18.1. The lowest BCUT2D eigenvalue weighted by Gasteiger charge is -2.20. The molecule has 0 saturated heterocycles. The molecular weight excluding hydrogens is 349 g/mol. The Kier molecular flexibility index (Phi) is 4.52. The molecule has 0 aliphatic rings. The number of halogens is 3. The van der Waals surface area contributed by atoms with Crippen LogP contribution < -0.4 is 4.31 Å². The number of hydrogen-bond acceptors (Lipinski definition) is 4. The van der Waals surface area contributed by atoms with Crippen LogP contribution in [-0.2, 0) is 16.2 Å². The summed E-state index contributed by atoms with van der Waals surface area (Å²) in [6.45, 7) is 0. The molecule has 0 amide bonds. The number of rotatable bonds is 4. The number of non-ortho nitro benzene ring substituents is 1. The fourth-order valence-corrected chi connectivity index (χ4v) is 3.15. The van der Waals surface area contributed by atoms with Crippen molar-refractivity contribution in [3.8, 4) is 0 Å². The topological polar surface area (TPSA) is 80.5 Å². The highest BCUT2D eigenvalue weighted by atomic mass is 32.2. The molecule has 10 heteroatoms. The fraction of sp³-hybridized carbons (Fsp3) is 0.143. The Balaban J connectivity index is 2.39. The van der Waals surface area contributed by atoms with Gasteiger partial charge in [-0.2, -0.15) is 13.2 Å². The van der Waals surface area contributed by atoms with E-state index in [9.17, 15) is 31.7 Å². The van der Waals surface area contributed by atoms with Gasteiger partial charge in [-0.3, -0.25) is 14.4 Å². The van der Waals surface area contributed by atoms with Gasteiger partial charge in [0.2, 0.25) is 0 Å². The zero-order valence-electron chi connectivity index (χ0n) is 12.2. The van der Waals surface area contributed by atoms with Crippen molar-refractivity contribution in [2.24, 2.45) is 0 Å². The molecule has 0 aliphatic carbocycles. The molecule has 0 saturated carbocycles. The Morgan fingerprint density at radius 1 is 1.08 bits per heavy atom. The quantitative estimate of drug-likeness (QED) is 0.618. The molecule has 0 N–H and O–H groups in total. The number of sulfonamides is 1. The van der Waals surface area contributed by atoms with Crippen molar-refractivity contribution in [3.05, 3.63) is 64.2 Å². The van der Waals surface area contributed by atoms with Crippen molar-refractivity contribution in [1.82, 2.24) is 0 Å². The molecule has 2 rings (SSSR count). The highest BCUT2D eigenvalue weighted by molar-refractivity contribution is 7.92. The minimum absolute atomic E-state index is 0.00509. The van der Waals surface area contributed by atoms with Gasteiger partial charge in [0.1, 0.15) is 0 Å². The van der Waals surface area contributed by atoms with Gasteiger partial charge in [-0.15, -0.1) is 0 Å². The minimum Gasteiger partial charge on any atom is -0.269 e. The molecule has 2 aromatic rings. The molecule has 128 valence electrons. The van der Waals surface area contributed by atoms with Gasteiger partial charge in [-0.05, 0) is 30.3 Å². The highest BCUT2D eigenvalue weighted by Gasteiger charge is 2.31. The fourth-order valence-electron chi connectivity index (χ4n) is 1.91. The maximum atomic E-state index is 12.5. The number of nitrogens with zero attached hydrogens (tertiary/aromatic N) is 2. The lowest BCUT2D eigenvalue weighted by Crippen LogP contribution is -2.26. The largest absolute Gasteiger partial charge is 0.416 e. The van der Waals surface area contributed by atoms with E-state index in [1.54, 1.807) is 0 Å². The first-order valence-corrected chi connectivity index (χ1v) is 7.88. The van der Waals surface area contributed by atoms with Gasteiger partial charge in [-0.25, -0.2) is 8.42 Å². The number of nitro benzene ring substituents is 1. The molecule has 0 atom stereocenters. The molecule has 0 unspecified atom stereocenters. The van der Waals surface area contributed by atoms with Crippen LogP contribution in [0.3, 0.4) is 0 Å². The summed E-state index contributed by atoms with van der Waals surface area (Å²) in [4.78, 5) is 9.67. The predicted molar refractivity (Wildman–Crippen MR) is 80.1 cm³/mol. The normalized spacial score (nSPS) is 12.0. The average Bonchev–Trinajstić information content (AvgIpc) is 2.53. The Morgan fingerprint density at radius 2 is 1.67 bits per heavy atom. The third kappa shape index (κ3) is 3.48. The maximum absolute atomic E-state index is 12.5. The van der Waals surface area contributed by atoms with Gasteiger partial charge in [0, 0.05) is 19.2 Å².